The fraction of sp³-hybridized carbons (Fsp3) is 0.421. The van der Waals surface area contributed by atoms with Gasteiger partial charge in [0.25, 0.3) is 0 Å². The summed E-state index contributed by atoms with van der Waals surface area (Å²) in [6.07, 6.45) is 5.17. The summed E-state index contributed by atoms with van der Waals surface area (Å²) in [4.78, 5) is 0. The van der Waals surface area contributed by atoms with E-state index in [1.54, 1.807) is 0 Å². The van der Waals surface area contributed by atoms with E-state index in [4.69, 9.17) is 0 Å². The van der Waals surface area contributed by atoms with Crippen LogP contribution in [0.2, 0.25) is 0 Å². The molecule has 2 atom stereocenters. The summed E-state index contributed by atoms with van der Waals surface area (Å²) in [6.45, 7) is 0. The predicted octanol–water partition coefficient (Wildman–Crippen LogP) is 4.39. The average Bonchev–Trinajstić information content (AvgIpc) is 2.56. The number of benzene rings is 2. The minimum Gasteiger partial charge on any atom is -0.391 e. The number of rotatable bonds is 3. The number of aliphatic hydroxyl groups excluding tert-OH is 1. The summed E-state index contributed by atoms with van der Waals surface area (Å²) < 4.78 is 0. The molecule has 1 N–H and O–H groups in total. The summed E-state index contributed by atoms with van der Waals surface area (Å²) in [5.41, 5.74) is 0.939. The van der Waals surface area contributed by atoms with Gasteiger partial charge in [0, 0.05) is 0 Å². The van der Waals surface area contributed by atoms with Crippen LogP contribution in [0.5, 0.6) is 0 Å². The molecule has 1 aliphatic rings. The van der Waals surface area contributed by atoms with Crippen LogP contribution in [0.1, 0.15) is 43.6 Å². The van der Waals surface area contributed by atoms with Crippen LogP contribution in [-0.4, -0.2) is 11.2 Å². The molecule has 1 unspecified atom stereocenters. The van der Waals surface area contributed by atoms with Crippen LogP contribution in [0, 0.1) is 17.2 Å². The quantitative estimate of drug-likeness (QED) is 0.905. The van der Waals surface area contributed by atoms with E-state index in [0.29, 0.717) is 0 Å². The van der Waals surface area contributed by atoms with Gasteiger partial charge in [-0.3, -0.25) is 0 Å². The van der Waals surface area contributed by atoms with E-state index in [-0.39, 0.29) is 5.92 Å². The highest BCUT2D eigenvalue weighted by atomic mass is 16.3. The van der Waals surface area contributed by atoms with Gasteiger partial charge in [-0.15, -0.1) is 0 Å². The summed E-state index contributed by atoms with van der Waals surface area (Å²) in [6, 6.07) is 16.6. The lowest BCUT2D eigenvalue weighted by molar-refractivity contribution is 0.0744. The predicted molar refractivity (Wildman–Crippen MR) is 84.9 cm³/mol. The zero-order valence-corrected chi connectivity index (χ0v) is 12.2. The molecule has 2 heteroatoms. The van der Waals surface area contributed by atoms with Gasteiger partial charge in [0.15, 0.2) is 0 Å². The van der Waals surface area contributed by atoms with Crippen LogP contribution in [0.15, 0.2) is 42.5 Å². The SMILES string of the molecule is N#C[C@@H](c1ccc2ccccc2c1)C(O)C1CCCCC1. The molecule has 2 aromatic rings. The van der Waals surface area contributed by atoms with Crippen molar-refractivity contribution in [2.45, 2.75) is 44.1 Å². The van der Waals surface area contributed by atoms with Crippen molar-refractivity contribution < 1.29 is 5.11 Å². The lowest BCUT2D eigenvalue weighted by Gasteiger charge is -2.29. The lowest BCUT2D eigenvalue weighted by atomic mass is 9.78. The number of hydrogen-bond acceptors (Lipinski definition) is 2. The van der Waals surface area contributed by atoms with Crippen molar-refractivity contribution in [1.29, 1.82) is 5.26 Å². The molecule has 3 rings (SSSR count). The number of nitriles is 1. The van der Waals surface area contributed by atoms with Crippen molar-refractivity contribution in [3.05, 3.63) is 48.0 Å². The van der Waals surface area contributed by atoms with Gasteiger partial charge in [-0.1, -0.05) is 55.7 Å². The van der Waals surface area contributed by atoms with Gasteiger partial charge in [-0.05, 0) is 41.2 Å². The fourth-order valence-electron chi connectivity index (χ4n) is 3.50. The molecule has 1 saturated carbocycles. The molecule has 2 nitrogen and oxygen atoms in total. The van der Waals surface area contributed by atoms with Crippen LogP contribution in [0.25, 0.3) is 10.8 Å². The molecule has 0 aliphatic heterocycles. The van der Waals surface area contributed by atoms with Crippen LogP contribution >= 0.6 is 0 Å². The molecule has 0 heterocycles. The molecule has 0 amide bonds. The Kier molecular flexibility index (Phi) is 4.22. The van der Waals surface area contributed by atoms with Crippen LogP contribution in [-0.2, 0) is 0 Å². The standard InChI is InChI=1S/C19H21NO/c20-13-18(19(21)15-7-2-1-3-8-15)17-11-10-14-6-4-5-9-16(14)12-17/h4-6,9-12,15,18-19,21H,1-3,7-8H2/t18-,19?/m0/s1. The average molecular weight is 279 g/mol. The minimum absolute atomic E-state index is 0.273. The minimum atomic E-state index is -0.545. The van der Waals surface area contributed by atoms with Gasteiger partial charge >= 0.3 is 0 Å². The van der Waals surface area contributed by atoms with E-state index in [0.717, 1.165) is 23.8 Å². The molecular formula is C19H21NO. The molecular weight excluding hydrogens is 258 g/mol. The highest BCUT2D eigenvalue weighted by Crippen LogP contribution is 2.34. The first-order chi connectivity index (χ1) is 10.3. The molecule has 0 bridgehead atoms. The van der Waals surface area contributed by atoms with E-state index in [9.17, 15) is 10.4 Å². The Hall–Kier alpha value is -1.85. The molecule has 0 saturated heterocycles. The third-order valence-electron chi connectivity index (χ3n) is 4.75. The summed E-state index contributed by atoms with van der Waals surface area (Å²) in [5, 5.41) is 22.5. The second-order valence-corrected chi connectivity index (χ2v) is 6.10. The smallest absolute Gasteiger partial charge is 0.0974 e. The number of hydrogen-bond donors (Lipinski definition) is 1. The second kappa shape index (κ2) is 6.28. The highest BCUT2D eigenvalue weighted by Gasteiger charge is 2.30. The Bertz CT molecular complexity index is 652. The van der Waals surface area contributed by atoms with E-state index >= 15 is 0 Å². The largest absolute Gasteiger partial charge is 0.391 e. The summed E-state index contributed by atoms with van der Waals surface area (Å²) in [5.74, 6) is -0.146. The van der Waals surface area contributed by atoms with Gasteiger partial charge in [0.2, 0.25) is 0 Å². The number of fused-ring (bicyclic) bond motifs is 1. The Labute approximate surface area is 126 Å². The first-order valence-corrected chi connectivity index (χ1v) is 7.86. The number of nitrogens with zero attached hydrogens (tertiary/aromatic N) is 1. The van der Waals surface area contributed by atoms with Crippen molar-refractivity contribution in [3.8, 4) is 6.07 Å². The monoisotopic (exact) mass is 279 g/mol. The molecule has 0 aromatic heterocycles. The zero-order chi connectivity index (χ0) is 14.7. The first-order valence-electron chi connectivity index (χ1n) is 7.86. The third kappa shape index (κ3) is 2.94. The van der Waals surface area contributed by atoms with Gasteiger partial charge in [-0.25, -0.2) is 0 Å². The van der Waals surface area contributed by atoms with Crippen molar-refractivity contribution in [2.75, 3.05) is 0 Å². The Morgan fingerprint density at radius 3 is 2.43 bits per heavy atom. The van der Waals surface area contributed by atoms with E-state index in [1.807, 2.05) is 24.3 Å². The van der Waals surface area contributed by atoms with Crippen molar-refractivity contribution in [2.24, 2.45) is 5.92 Å². The van der Waals surface area contributed by atoms with Gasteiger partial charge in [0.1, 0.15) is 0 Å². The lowest BCUT2D eigenvalue weighted by Crippen LogP contribution is -2.28. The Balaban J connectivity index is 1.88. The van der Waals surface area contributed by atoms with Crippen LogP contribution < -0.4 is 0 Å². The van der Waals surface area contributed by atoms with Crippen molar-refractivity contribution >= 4 is 10.8 Å². The summed E-state index contributed by atoms with van der Waals surface area (Å²) >= 11 is 0. The maximum atomic E-state index is 10.6. The third-order valence-corrected chi connectivity index (χ3v) is 4.75. The molecule has 21 heavy (non-hydrogen) atoms. The normalized spacial score (nSPS) is 19.0. The van der Waals surface area contributed by atoms with Crippen molar-refractivity contribution in [1.82, 2.24) is 0 Å². The second-order valence-electron chi connectivity index (χ2n) is 6.10. The maximum Gasteiger partial charge on any atom is 0.0974 e. The first kappa shape index (κ1) is 14.1. The van der Waals surface area contributed by atoms with Crippen LogP contribution in [0.3, 0.4) is 0 Å². The van der Waals surface area contributed by atoms with Gasteiger partial charge in [0.05, 0.1) is 18.1 Å². The van der Waals surface area contributed by atoms with E-state index in [2.05, 4.69) is 24.3 Å². The Morgan fingerprint density at radius 2 is 1.71 bits per heavy atom. The molecule has 0 spiro atoms. The topological polar surface area (TPSA) is 44.0 Å². The molecule has 108 valence electrons. The van der Waals surface area contributed by atoms with Gasteiger partial charge in [-0.2, -0.15) is 5.26 Å². The zero-order valence-electron chi connectivity index (χ0n) is 12.2. The molecule has 2 aromatic carbocycles. The fourth-order valence-corrected chi connectivity index (χ4v) is 3.50. The number of aliphatic hydroxyl groups is 1. The Morgan fingerprint density at radius 1 is 1.00 bits per heavy atom. The molecule has 1 aliphatic carbocycles. The van der Waals surface area contributed by atoms with Crippen molar-refractivity contribution in [3.63, 3.8) is 0 Å². The maximum absolute atomic E-state index is 10.6. The van der Waals surface area contributed by atoms with Crippen LogP contribution in [0.4, 0.5) is 0 Å². The summed E-state index contributed by atoms with van der Waals surface area (Å²) in [7, 11) is 0. The molecule has 0 radical (unpaired) electrons. The molecule has 1 fully saturated rings. The van der Waals surface area contributed by atoms with E-state index in [1.165, 1.54) is 24.6 Å². The highest BCUT2D eigenvalue weighted by molar-refractivity contribution is 5.83. The van der Waals surface area contributed by atoms with E-state index < -0.39 is 12.0 Å². The van der Waals surface area contributed by atoms with Gasteiger partial charge < -0.3 is 5.11 Å².